The first kappa shape index (κ1) is 28.2. The number of nitrogens with zero attached hydrogens (tertiary/aromatic N) is 4. The monoisotopic (exact) mass is 538 g/mol. The second-order valence-corrected chi connectivity index (χ2v) is 9.50. The van der Waals surface area contributed by atoms with Crippen molar-refractivity contribution in [3.8, 4) is 11.8 Å². The van der Waals surface area contributed by atoms with Gasteiger partial charge in [0.05, 0.1) is 30.5 Å². The molecule has 4 rings (SSSR count). The Kier molecular flexibility index (Phi) is 9.63. The van der Waals surface area contributed by atoms with Crippen LogP contribution in [0.2, 0.25) is 0 Å². The van der Waals surface area contributed by atoms with Crippen molar-refractivity contribution in [2.75, 3.05) is 57.4 Å². The van der Waals surface area contributed by atoms with Gasteiger partial charge in [0.2, 0.25) is 0 Å². The Bertz CT molecular complexity index is 1250. The Labute approximate surface area is 227 Å². The highest BCUT2D eigenvalue weighted by atomic mass is 19.1. The van der Waals surface area contributed by atoms with Crippen LogP contribution in [0, 0.1) is 23.0 Å². The van der Waals surface area contributed by atoms with Crippen molar-refractivity contribution in [3.05, 3.63) is 65.2 Å². The largest absolute Gasteiger partial charge is 0.482 e. The van der Waals surface area contributed by atoms with Gasteiger partial charge < -0.3 is 19.3 Å². The lowest BCUT2D eigenvalue weighted by Gasteiger charge is -2.38. The molecule has 39 heavy (non-hydrogen) atoms. The van der Waals surface area contributed by atoms with Gasteiger partial charge in [-0.25, -0.2) is 8.78 Å². The van der Waals surface area contributed by atoms with Crippen molar-refractivity contribution in [1.82, 2.24) is 9.80 Å². The zero-order valence-corrected chi connectivity index (χ0v) is 21.9. The van der Waals surface area contributed by atoms with Gasteiger partial charge in [0.15, 0.2) is 6.61 Å². The molecule has 2 aromatic carbocycles. The van der Waals surface area contributed by atoms with E-state index in [1.165, 1.54) is 6.08 Å². The molecule has 2 aliphatic rings. The standard InChI is InChI=1S/C29H32F2N4O4/c1-2-38-29(37)19-34(11-3-4-22-17-23(30)6-7-25(22)31)24-9-12-33(13-10-24)14-15-35-26-16-21(18-32)5-8-27(26)39-20-28(35)36/h3-8,16-17,24H,2,9-15,19-20H2,1H3/b4-3+. The number of piperidine rings is 1. The molecule has 2 aliphatic heterocycles. The summed E-state index contributed by atoms with van der Waals surface area (Å²) in [6.45, 7) is 5.19. The van der Waals surface area contributed by atoms with Gasteiger partial charge >= 0.3 is 5.97 Å². The van der Waals surface area contributed by atoms with Gasteiger partial charge in [-0.05, 0) is 69.3 Å². The molecule has 0 radical (unpaired) electrons. The Morgan fingerprint density at radius 2 is 2.00 bits per heavy atom. The van der Waals surface area contributed by atoms with E-state index in [2.05, 4.69) is 11.0 Å². The summed E-state index contributed by atoms with van der Waals surface area (Å²) in [5.74, 6) is -0.906. The average Bonchev–Trinajstić information content (AvgIpc) is 2.94. The van der Waals surface area contributed by atoms with Gasteiger partial charge in [-0.2, -0.15) is 5.26 Å². The Hall–Kier alpha value is -3.81. The van der Waals surface area contributed by atoms with Crippen molar-refractivity contribution < 1.29 is 27.8 Å². The number of hydrogen-bond acceptors (Lipinski definition) is 7. The van der Waals surface area contributed by atoms with E-state index in [1.807, 2.05) is 4.90 Å². The van der Waals surface area contributed by atoms with Crippen LogP contribution in [0.3, 0.4) is 0 Å². The van der Waals surface area contributed by atoms with Crippen LogP contribution in [0.4, 0.5) is 14.5 Å². The molecule has 0 saturated carbocycles. The minimum atomic E-state index is -0.514. The number of nitriles is 1. The molecule has 0 N–H and O–H groups in total. The van der Waals surface area contributed by atoms with Crippen LogP contribution >= 0.6 is 0 Å². The molecular weight excluding hydrogens is 506 g/mol. The average molecular weight is 539 g/mol. The van der Waals surface area contributed by atoms with E-state index in [0.29, 0.717) is 36.6 Å². The summed E-state index contributed by atoms with van der Waals surface area (Å²) in [7, 11) is 0. The maximum atomic E-state index is 14.0. The van der Waals surface area contributed by atoms with Gasteiger partial charge in [-0.15, -0.1) is 0 Å². The number of anilines is 1. The van der Waals surface area contributed by atoms with Gasteiger partial charge in [-0.1, -0.05) is 12.2 Å². The van der Waals surface area contributed by atoms with Crippen LogP contribution in [0.15, 0.2) is 42.5 Å². The molecule has 1 fully saturated rings. The number of carbonyl (C=O) groups is 2. The van der Waals surface area contributed by atoms with Crippen LogP contribution in [0.1, 0.15) is 30.9 Å². The van der Waals surface area contributed by atoms with E-state index >= 15 is 0 Å². The summed E-state index contributed by atoms with van der Waals surface area (Å²) >= 11 is 0. The number of hydrogen-bond donors (Lipinski definition) is 0. The van der Waals surface area contributed by atoms with Gasteiger partial charge in [0.1, 0.15) is 17.4 Å². The topological polar surface area (TPSA) is 86.1 Å². The first-order valence-electron chi connectivity index (χ1n) is 13.1. The lowest BCUT2D eigenvalue weighted by atomic mass is 10.0. The second kappa shape index (κ2) is 13.3. The summed E-state index contributed by atoms with van der Waals surface area (Å²) in [5, 5.41) is 9.24. The predicted octanol–water partition coefficient (Wildman–Crippen LogP) is 3.60. The van der Waals surface area contributed by atoms with Crippen LogP contribution in [-0.2, 0) is 14.3 Å². The fourth-order valence-corrected chi connectivity index (χ4v) is 4.94. The van der Waals surface area contributed by atoms with E-state index < -0.39 is 11.6 Å². The lowest BCUT2D eigenvalue weighted by Crippen LogP contribution is -2.49. The smallest absolute Gasteiger partial charge is 0.320 e. The number of halogens is 2. The van der Waals surface area contributed by atoms with Crippen molar-refractivity contribution in [3.63, 3.8) is 0 Å². The number of benzene rings is 2. The molecule has 2 aromatic rings. The normalized spacial score (nSPS) is 16.3. The maximum Gasteiger partial charge on any atom is 0.320 e. The summed E-state index contributed by atoms with van der Waals surface area (Å²) in [6, 6.07) is 10.6. The third-order valence-electron chi connectivity index (χ3n) is 6.98. The highest BCUT2D eigenvalue weighted by Crippen LogP contribution is 2.33. The van der Waals surface area contributed by atoms with Crippen LogP contribution in [-0.4, -0.2) is 80.2 Å². The highest BCUT2D eigenvalue weighted by molar-refractivity contribution is 5.98. The molecule has 10 heteroatoms. The maximum absolute atomic E-state index is 14.0. The van der Waals surface area contributed by atoms with Crippen LogP contribution in [0.25, 0.3) is 6.08 Å². The van der Waals surface area contributed by atoms with E-state index in [9.17, 15) is 23.6 Å². The third-order valence-corrected chi connectivity index (χ3v) is 6.98. The van der Waals surface area contributed by atoms with Crippen molar-refractivity contribution in [2.24, 2.45) is 0 Å². The first-order valence-corrected chi connectivity index (χ1v) is 13.1. The Morgan fingerprint density at radius 1 is 1.21 bits per heavy atom. The summed E-state index contributed by atoms with van der Waals surface area (Å²) in [6.07, 6.45) is 4.86. The van der Waals surface area contributed by atoms with Crippen LogP contribution in [0.5, 0.6) is 5.75 Å². The molecule has 2 heterocycles. The molecule has 0 aliphatic carbocycles. The lowest BCUT2D eigenvalue weighted by molar-refractivity contribution is -0.145. The molecule has 1 saturated heterocycles. The third kappa shape index (κ3) is 7.40. The minimum Gasteiger partial charge on any atom is -0.482 e. The molecule has 0 aromatic heterocycles. The quantitative estimate of drug-likeness (QED) is 0.427. The second-order valence-electron chi connectivity index (χ2n) is 9.50. The molecule has 1 amide bonds. The van der Waals surface area contributed by atoms with E-state index in [-0.39, 0.29) is 43.2 Å². The highest BCUT2D eigenvalue weighted by Gasteiger charge is 2.29. The summed E-state index contributed by atoms with van der Waals surface area (Å²) in [5.41, 5.74) is 1.23. The van der Waals surface area contributed by atoms with Crippen molar-refractivity contribution in [1.29, 1.82) is 5.26 Å². The summed E-state index contributed by atoms with van der Waals surface area (Å²) in [4.78, 5) is 30.8. The first-order chi connectivity index (χ1) is 18.9. The molecule has 0 spiro atoms. The van der Waals surface area contributed by atoms with Gasteiger partial charge in [-0.3, -0.25) is 14.5 Å². The van der Waals surface area contributed by atoms with Crippen molar-refractivity contribution >= 4 is 23.6 Å². The van der Waals surface area contributed by atoms with E-state index in [1.54, 1.807) is 36.1 Å². The van der Waals surface area contributed by atoms with E-state index in [0.717, 1.165) is 44.1 Å². The number of esters is 1. The number of rotatable bonds is 10. The molecule has 8 nitrogen and oxygen atoms in total. The molecule has 206 valence electrons. The van der Waals surface area contributed by atoms with Crippen molar-refractivity contribution in [2.45, 2.75) is 25.8 Å². The number of fused-ring (bicyclic) bond motifs is 1. The van der Waals surface area contributed by atoms with Crippen LogP contribution < -0.4 is 9.64 Å². The minimum absolute atomic E-state index is 0.0309. The number of amides is 1. The van der Waals surface area contributed by atoms with Gasteiger partial charge in [0, 0.05) is 31.2 Å². The molecular formula is C29H32F2N4O4. The fourth-order valence-electron chi connectivity index (χ4n) is 4.94. The Morgan fingerprint density at radius 3 is 2.74 bits per heavy atom. The number of likely N-dealkylation sites (tertiary alicyclic amines) is 1. The van der Waals surface area contributed by atoms with E-state index in [4.69, 9.17) is 9.47 Å². The Balaban J connectivity index is 1.35. The molecule has 0 unspecified atom stereocenters. The molecule has 0 atom stereocenters. The fraction of sp³-hybridized carbons (Fsp3) is 0.414. The number of carbonyl (C=O) groups excluding carboxylic acids is 2. The zero-order chi connectivity index (χ0) is 27.8. The number of ether oxygens (including phenoxy) is 2. The molecule has 0 bridgehead atoms. The predicted molar refractivity (Wildman–Crippen MR) is 142 cm³/mol. The van der Waals surface area contributed by atoms with Gasteiger partial charge in [0.25, 0.3) is 5.91 Å². The summed E-state index contributed by atoms with van der Waals surface area (Å²) < 4.78 is 38.2. The zero-order valence-electron chi connectivity index (χ0n) is 21.9. The SMILES string of the molecule is CCOC(=O)CN(C/C=C/c1cc(F)ccc1F)C1CCN(CCN2C(=O)COc3ccc(C#N)cc32)CC1.